The van der Waals surface area contributed by atoms with Crippen LogP contribution in [0.5, 0.6) is 0 Å². The zero-order chi connectivity index (χ0) is 13.0. The molecule has 6 nitrogen and oxygen atoms in total. The maximum atomic E-state index is 8.84. The lowest BCUT2D eigenvalue weighted by atomic mass is 10.2. The number of anilines is 2. The summed E-state index contributed by atoms with van der Waals surface area (Å²) in [6.45, 7) is 3.36. The van der Waals surface area contributed by atoms with Gasteiger partial charge >= 0.3 is 0 Å². The second-order valence-corrected chi connectivity index (χ2v) is 3.80. The molecule has 0 unspecified atom stereocenters. The molecule has 2 rings (SSSR count). The summed E-state index contributed by atoms with van der Waals surface area (Å²) < 4.78 is 1.94. The number of benzene rings is 1. The number of rotatable bonds is 4. The molecule has 0 aliphatic carbocycles. The van der Waals surface area contributed by atoms with Gasteiger partial charge in [-0.2, -0.15) is 5.26 Å². The summed E-state index contributed by atoms with van der Waals surface area (Å²) in [5.41, 5.74) is 7.76. The number of nitrogen functional groups attached to an aromatic ring is 1. The van der Waals surface area contributed by atoms with Crippen LogP contribution in [-0.4, -0.2) is 14.8 Å². The van der Waals surface area contributed by atoms with E-state index >= 15 is 0 Å². The van der Waals surface area contributed by atoms with E-state index in [-0.39, 0.29) is 0 Å². The fraction of sp³-hybridized carbons (Fsp3) is 0.250. The van der Waals surface area contributed by atoms with Gasteiger partial charge in [0.05, 0.1) is 29.6 Å². The van der Waals surface area contributed by atoms with Gasteiger partial charge in [0.15, 0.2) is 5.82 Å². The summed E-state index contributed by atoms with van der Waals surface area (Å²) in [5, 5.41) is 19.9. The number of nitriles is 1. The highest BCUT2D eigenvalue weighted by Crippen LogP contribution is 2.20. The topological polar surface area (TPSA) is 92.5 Å². The van der Waals surface area contributed by atoms with Gasteiger partial charge in [-0.15, -0.1) is 10.2 Å². The van der Waals surface area contributed by atoms with Crippen LogP contribution in [0.15, 0.2) is 24.5 Å². The fourth-order valence-corrected chi connectivity index (χ4v) is 1.63. The van der Waals surface area contributed by atoms with E-state index in [2.05, 4.69) is 21.6 Å². The first-order valence-electron chi connectivity index (χ1n) is 5.64. The van der Waals surface area contributed by atoms with Crippen molar-refractivity contribution in [1.29, 1.82) is 5.26 Å². The third-order valence-corrected chi connectivity index (χ3v) is 2.66. The number of aromatic nitrogens is 3. The van der Waals surface area contributed by atoms with Crippen molar-refractivity contribution in [3.05, 3.63) is 35.9 Å². The Kier molecular flexibility index (Phi) is 3.44. The van der Waals surface area contributed by atoms with Gasteiger partial charge in [0, 0.05) is 6.54 Å². The van der Waals surface area contributed by atoms with Crippen molar-refractivity contribution in [3.8, 4) is 6.07 Å². The van der Waals surface area contributed by atoms with Crippen molar-refractivity contribution >= 4 is 11.4 Å². The fourth-order valence-electron chi connectivity index (χ4n) is 1.63. The van der Waals surface area contributed by atoms with E-state index in [1.54, 1.807) is 24.5 Å². The smallest absolute Gasteiger partial charge is 0.152 e. The number of nitrogens with one attached hydrogen (secondary N) is 1. The van der Waals surface area contributed by atoms with Gasteiger partial charge in [-0.25, -0.2) is 0 Å². The highest BCUT2D eigenvalue weighted by molar-refractivity contribution is 5.68. The van der Waals surface area contributed by atoms with Crippen LogP contribution in [0.1, 0.15) is 18.3 Å². The molecule has 92 valence electrons. The normalized spacial score (nSPS) is 10.0. The standard InChI is InChI=1S/C12H14N6/c1-2-18-8-16-17-12(18)7-15-11-5-9(6-13)3-4-10(11)14/h3-5,8,15H,2,7,14H2,1H3. The van der Waals surface area contributed by atoms with Crippen molar-refractivity contribution in [1.82, 2.24) is 14.8 Å². The molecule has 0 aliphatic rings. The Balaban J connectivity index is 2.13. The Bertz CT molecular complexity index is 580. The molecule has 1 heterocycles. The summed E-state index contributed by atoms with van der Waals surface area (Å²) in [5.74, 6) is 0.833. The maximum Gasteiger partial charge on any atom is 0.152 e. The van der Waals surface area contributed by atoms with Crippen LogP contribution >= 0.6 is 0 Å². The highest BCUT2D eigenvalue weighted by Gasteiger charge is 2.05. The van der Waals surface area contributed by atoms with Crippen molar-refractivity contribution in [3.63, 3.8) is 0 Å². The zero-order valence-corrected chi connectivity index (χ0v) is 10.1. The van der Waals surface area contributed by atoms with E-state index in [9.17, 15) is 0 Å². The van der Waals surface area contributed by atoms with Crippen molar-refractivity contribution in [2.45, 2.75) is 20.0 Å². The van der Waals surface area contributed by atoms with Gasteiger partial charge in [0.1, 0.15) is 6.33 Å². The molecule has 1 aromatic carbocycles. The van der Waals surface area contributed by atoms with Gasteiger partial charge in [0.25, 0.3) is 0 Å². The predicted octanol–water partition coefficient (Wildman–Crippen LogP) is 1.36. The number of hydrogen-bond acceptors (Lipinski definition) is 5. The molecular formula is C12H14N6. The molecule has 0 saturated carbocycles. The third kappa shape index (κ3) is 2.40. The van der Waals surface area contributed by atoms with Crippen LogP contribution < -0.4 is 11.1 Å². The van der Waals surface area contributed by atoms with Gasteiger partial charge < -0.3 is 15.6 Å². The Morgan fingerprint density at radius 2 is 2.33 bits per heavy atom. The molecule has 1 aromatic heterocycles. The molecule has 0 spiro atoms. The van der Waals surface area contributed by atoms with Crippen LogP contribution in [0, 0.1) is 11.3 Å². The molecule has 6 heteroatoms. The number of nitrogens with zero attached hydrogens (tertiary/aromatic N) is 4. The monoisotopic (exact) mass is 242 g/mol. The first-order valence-corrected chi connectivity index (χ1v) is 5.64. The molecule has 18 heavy (non-hydrogen) atoms. The predicted molar refractivity (Wildman–Crippen MR) is 68.6 cm³/mol. The minimum atomic E-state index is 0.521. The lowest BCUT2D eigenvalue weighted by molar-refractivity contribution is 0.708. The van der Waals surface area contributed by atoms with Crippen LogP contribution in [-0.2, 0) is 13.1 Å². The van der Waals surface area contributed by atoms with Gasteiger partial charge in [-0.3, -0.25) is 0 Å². The third-order valence-electron chi connectivity index (χ3n) is 2.66. The first-order chi connectivity index (χ1) is 8.74. The number of aryl methyl sites for hydroxylation is 1. The zero-order valence-electron chi connectivity index (χ0n) is 10.1. The summed E-state index contributed by atoms with van der Waals surface area (Å²) in [4.78, 5) is 0. The van der Waals surface area contributed by atoms with Crippen molar-refractivity contribution < 1.29 is 0 Å². The lowest BCUT2D eigenvalue weighted by Gasteiger charge is -2.09. The van der Waals surface area contributed by atoms with Gasteiger partial charge in [-0.1, -0.05) is 0 Å². The first kappa shape index (κ1) is 11.9. The molecule has 0 bridgehead atoms. The molecule has 0 fully saturated rings. The van der Waals surface area contributed by atoms with Gasteiger partial charge in [-0.05, 0) is 25.1 Å². The highest BCUT2D eigenvalue weighted by atomic mass is 15.3. The van der Waals surface area contributed by atoms with Crippen molar-refractivity contribution in [2.24, 2.45) is 0 Å². The van der Waals surface area contributed by atoms with E-state index in [4.69, 9.17) is 11.0 Å². The van der Waals surface area contributed by atoms with Crippen LogP contribution in [0.2, 0.25) is 0 Å². The molecular weight excluding hydrogens is 228 g/mol. The average Bonchev–Trinajstić information content (AvgIpc) is 2.85. The number of nitrogens with two attached hydrogens (primary N) is 1. The van der Waals surface area contributed by atoms with Crippen LogP contribution in [0.3, 0.4) is 0 Å². The molecule has 0 saturated heterocycles. The van der Waals surface area contributed by atoms with Gasteiger partial charge in [0.2, 0.25) is 0 Å². The van der Waals surface area contributed by atoms with Crippen LogP contribution in [0.25, 0.3) is 0 Å². The maximum absolute atomic E-state index is 8.84. The largest absolute Gasteiger partial charge is 0.397 e. The summed E-state index contributed by atoms with van der Waals surface area (Å²) in [6, 6.07) is 7.21. The summed E-state index contributed by atoms with van der Waals surface area (Å²) in [6.07, 6.45) is 1.69. The van der Waals surface area contributed by atoms with E-state index in [0.717, 1.165) is 18.1 Å². The molecule has 0 atom stereocenters. The lowest BCUT2D eigenvalue weighted by Crippen LogP contribution is -2.08. The Morgan fingerprint density at radius 3 is 3.06 bits per heavy atom. The Labute approximate surface area is 105 Å². The van der Waals surface area contributed by atoms with E-state index in [1.807, 2.05) is 11.5 Å². The Morgan fingerprint density at radius 1 is 1.50 bits per heavy atom. The minimum absolute atomic E-state index is 0.521. The van der Waals surface area contributed by atoms with E-state index < -0.39 is 0 Å². The van der Waals surface area contributed by atoms with E-state index in [0.29, 0.717) is 17.8 Å². The molecule has 0 aliphatic heterocycles. The van der Waals surface area contributed by atoms with E-state index in [1.165, 1.54) is 0 Å². The molecule has 0 amide bonds. The second kappa shape index (κ2) is 5.19. The average molecular weight is 242 g/mol. The van der Waals surface area contributed by atoms with Crippen molar-refractivity contribution in [2.75, 3.05) is 11.1 Å². The number of hydrogen-bond donors (Lipinski definition) is 2. The summed E-state index contributed by atoms with van der Waals surface area (Å²) >= 11 is 0. The minimum Gasteiger partial charge on any atom is -0.397 e. The second-order valence-electron chi connectivity index (χ2n) is 3.80. The quantitative estimate of drug-likeness (QED) is 0.790. The molecule has 0 radical (unpaired) electrons. The molecule has 3 N–H and O–H groups in total. The van der Waals surface area contributed by atoms with Crippen LogP contribution in [0.4, 0.5) is 11.4 Å². The molecule has 2 aromatic rings. The Hall–Kier alpha value is -2.55. The SMILES string of the molecule is CCn1cnnc1CNc1cc(C#N)ccc1N. The summed E-state index contributed by atoms with van der Waals surface area (Å²) in [7, 11) is 0.